The number of methoxy groups -OCH3 is 1. The molecule has 5 nitrogen and oxygen atoms in total. The van der Waals surface area contributed by atoms with Gasteiger partial charge in [-0.3, -0.25) is 4.79 Å². The first-order valence-electron chi connectivity index (χ1n) is 7.90. The first kappa shape index (κ1) is 17.6. The van der Waals surface area contributed by atoms with Crippen LogP contribution in [0.3, 0.4) is 0 Å². The van der Waals surface area contributed by atoms with Crippen LogP contribution in [0.5, 0.6) is 5.75 Å². The number of nitriles is 1. The number of benzene rings is 2. The van der Waals surface area contributed by atoms with Gasteiger partial charge in [-0.2, -0.15) is 5.26 Å². The highest BCUT2D eigenvalue weighted by Crippen LogP contribution is 2.30. The highest BCUT2D eigenvalue weighted by molar-refractivity contribution is 6.33. The van der Waals surface area contributed by atoms with Crippen molar-refractivity contribution in [3.63, 3.8) is 0 Å². The summed E-state index contributed by atoms with van der Waals surface area (Å²) in [5.41, 5.74) is 2.47. The fraction of sp³-hybridized carbons (Fsp3) is 0.100. The summed E-state index contributed by atoms with van der Waals surface area (Å²) >= 11 is 6.36. The van der Waals surface area contributed by atoms with E-state index >= 15 is 0 Å². The van der Waals surface area contributed by atoms with E-state index in [2.05, 4.69) is 11.4 Å². The zero-order chi connectivity index (χ0) is 18.5. The Labute approximate surface area is 156 Å². The first-order chi connectivity index (χ1) is 12.6. The van der Waals surface area contributed by atoms with Gasteiger partial charge < -0.3 is 14.6 Å². The molecular weight excluding hydrogens is 350 g/mol. The lowest BCUT2D eigenvalue weighted by Gasteiger charge is -2.13. The molecule has 0 aliphatic rings. The third kappa shape index (κ3) is 3.71. The summed E-state index contributed by atoms with van der Waals surface area (Å²) in [4.78, 5) is 12.6. The summed E-state index contributed by atoms with van der Waals surface area (Å²) in [6.45, 7) is 0.300. The van der Waals surface area contributed by atoms with Gasteiger partial charge in [0, 0.05) is 25.0 Å². The summed E-state index contributed by atoms with van der Waals surface area (Å²) < 4.78 is 7.22. The number of hydrogen-bond acceptors (Lipinski definition) is 3. The lowest BCUT2D eigenvalue weighted by atomic mass is 10.1. The largest absolute Gasteiger partial charge is 0.496 e. The zero-order valence-corrected chi connectivity index (χ0v) is 14.8. The average molecular weight is 366 g/mol. The second-order valence-electron chi connectivity index (χ2n) is 5.59. The minimum absolute atomic E-state index is 0.300. The average Bonchev–Trinajstić information content (AvgIpc) is 3.20. The molecule has 0 aliphatic heterocycles. The van der Waals surface area contributed by atoms with Gasteiger partial charge in [0.2, 0.25) is 0 Å². The van der Waals surface area contributed by atoms with Crippen LogP contribution >= 0.6 is 11.6 Å². The summed E-state index contributed by atoms with van der Waals surface area (Å²) in [6.07, 6.45) is 3.73. The van der Waals surface area contributed by atoms with E-state index < -0.39 is 0 Å². The van der Waals surface area contributed by atoms with Crippen molar-refractivity contribution in [1.82, 2.24) is 9.88 Å². The summed E-state index contributed by atoms with van der Waals surface area (Å²) in [6, 6.07) is 16.3. The summed E-state index contributed by atoms with van der Waals surface area (Å²) in [5, 5.41) is 12.2. The van der Waals surface area contributed by atoms with Gasteiger partial charge in [0.05, 0.1) is 35.0 Å². The number of carbonyl (C=O) groups is 1. The van der Waals surface area contributed by atoms with E-state index in [9.17, 15) is 4.79 Å². The lowest BCUT2D eigenvalue weighted by Crippen LogP contribution is -2.23. The van der Waals surface area contributed by atoms with Gasteiger partial charge in [0.1, 0.15) is 5.75 Å². The van der Waals surface area contributed by atoms with Crippen LogP contribution in [0.1, 0.15) is 21.5 Å². The molecule has 3 aromatic rings. The van der Waals surface area contributed by atoms with E-state index in [0.29, 0.717) is 28.4 Å². The van der Waals surface area contributed by atoms with Crippen molar-refractivity contribution in [2.24, 2.45) is 0 Å². The van der Waals surface area contributed by atoms with Crippen LogP contribution in [0, 0.1) is 11.3 Å². The van der Waals surface area contributed by atoms with E-state index in [1.165, 1.54) is 7.11 Å². The maximum absolute atomic E-state index is 12.6. The number of carbonyl (C=O) groups excluding carboxylic acids is 1. The molecular formula is C20H16ClN3O2. The van der Waals surface area contributed by atoms with Gasteiger partial charge in [0.25, 0.3) is 5.91 Å². The third-order valence-corrected chi connectivity index (χ3v) is 4.21. The Hall–Kier alpha value is -3.23. The van der Waals surface area contributed by atoms with Gasteiger partial charge in [-0.15, -0.1) is 0 Å². The Balaban J connectivity index is 1.82. The molecule has 1 amide bonds. The molecule has 130 valence electrons. The normalized spacial score (nSPS) is 10.2. The Morgan fingerprint density at radius 1 is 1.23 bits per heavy atom. The molecule has 0 bridgehead atoms. The van der Waals surface area contributed by atoms with Crippen LogP contribution in [0.2, 0.25) is 5.02 Å². The van der Waals surface area contributed by atoms with Crippen molar-refractivity contribution in [1.29, 1.82) is 5.26 Å². The first-order valence-corrected chi connectivity index (χ1v) is 8.28. The monoisotopic (exact) mass is 365 g/mol. The molecule has 2 aromatic carbocycles. The molecule has 0 radical (unpaired) electrons. The van der Waals surface area contributed by atoms with Gasteiger partial charge in [-0.1, -0.05) is 23.7 Å². The molecule has 1 aromatic heterocycles. The number of nitrogens with one attached hydrogen (secondary N) is 1. The van der Waals surface area contributed by atoms with Gasteiger partial charge in [0.15, 0.2) is 0 Å². The second-order valence-corrected chi connectivity index (χ2v) is 6.00. The van der Waals surface area contributed by atoms with Crippen LogP contribution < -0.4 is 10.1 Å². The van der Waals surface area contributed by atoms with Gasteiger partial charge in [-0.05, 0) is 35.9 Å². The van der Waals surface area contributed by atoms with E-state index in [1.807, 2.05) is 35.2 Å². The quantitative estimate of drug-likeness (QED) is 0.744. The highest BCUT2D eigenvalue weighted by atomic mass is 35.5. The van der Waals surface area contributed by atoms with Crippen LogP contribution in [-0.2, 0) is 6.54 Å². The fourth-order valence-electron chi connectivity index (χ4n) is 2.61. The van der Waals surface area contributed by atoms with Crippen molar-refractivity contribution in [2.45, 2.75) is 6.54 Å². The molecule has 0 unspecified atom stereocenters. The molecule has 0 atom stereocenters. The van der Waals surface area contributed by atoms with Crippen molar-refractivity contribution in [3.05, 3.63) is 82.6 Å². The topological polar surface area (TPSA) is 67.0 Å². The Kier molecular flexibility index (Phi) is 5.26. The van der Waals surface area contributed by atoms with Crippen LogP contribution in [-0.4, -0.2) is 17.6 Å². The number of aromatic nitrogens is 1. The van der Waals surface area contributed by atoms with Gasteiger partial charge >= 0.3 is 0 Å². The van der Waals surface area contributed by atoms with Crippen LogP contribution in [0.25, 0.3) is 5.69 Å². The molecule has 3 rings (SSSR count). The molecule has 0 spiro atoms. The maximum Gasteiger partial charge on any atom is 0.255 e. The van der Waals surface area contributed by atoms with Gasteiger partial charge in [-0.25, -0.2) is 0 Å². The molecule has 0 saturated heterocycles. The lowest BCUT2D eigenvalue weighted by molar-refractivity contribution is 0.0948. The molecule has 1 N–H and O–H groups in total. The number of hydrogen-bond donors (Lipinski definition) is 1. The summed E-state index contributed by atoms with van der Waals surface area (Å²) in [7, 11) is 1.51. The van der Waals surface area contributed by atoms with E-state index in [4.69, 9.17) is 21.6 Å². The molecule has 1 heterocycles. The second kappa shape index (κ2) is 7.77. The molecule has 0 fully saturated rings. The molecule has 6 heteroatoms. The maximum atomic E-state index is 12.6. The molecule has 26 heavy (non-hydrogen) atoms. The minimum atomic E-state index is -0.301. The number of amides is 1. The third-order valence-electron chi connectivity index (χ3n) is 3.91. The number of halogens is 1. The number of rotatable bonds is 5. The highest BCUT2D eigenvalue weighted by Gasteiger charge is 2.16. The Morgan fingerprint density at radius 3 is 2.69 bits per heavy atom. The number of ether oxygens (including phenoxy) is 1. The van der Waals surface area contributed by atoms with E-state index in [1.54, 1.807) is 30.3 Å². The van der Waals surface area contributed by atoms with Crippen molar-refractivity contribution in [3.8, 4) is 17.5 Å². The van der Waals surface area contributed by atoms with Crippen LogP contribution in [0.4, 0.5) is 0 Å². The van der Waals surface area contributed by atoms with Crippen LogP contribution in [0.15, 0.2) is 60.9 Å². The van der Waals surface area contributed by atoms with E-state index in [0.717, 1.165) is 11.3 Å². The standard InChI is InChI=1S/C20H16ClN3O2/c1-26-19-11-18(24-7-2-3-8-24)17(21)10-16(19)20(25)23-13-15-6-4-5-14(9-15)12-22/h2-11H,13H2,1H3,(H,23,25). The SMILES string of the molecule is COc1cc(-n2cccc2)c(Cl)cc1C(=O)NCc1cccc(C#N)c1. The van der Waals surface area contributed by atoms with Crippen molar-refractivity contribution >= 4 is 17.5 Å². The Morgan fingerprint density at radius 2 is 2.00 bits per heavy atom. The fourth-order valence-corrected chi connectivity index (χ4v) is 2.87. The predicted molar refractivity (Wildman–Crippen MR) is 99.7 cm³/mol. The minimum Gasteiger partial charge on any atom is -0.496 e. The zero-order valence-electron chi connectivity index (χ0n) is 14.1. The predicted octanol–water partition coefficient (Wildman–Crippen LogP) is 3.94. The van der Waals surface area contributed by atoms with Crippen molar-refractivity contribution in [2.75, 3.05) is 7.11 Å². The van der Waals surface area contributed by atoms with Crippen molar-refractivity contribution < 1.29 is 9.53 Å². The molecule has 0 aliphatic carbocycles. The Bertz CT molecular complexity index is 975. The summed E-state index contributed by atoms with van der Waals surface area (Å²) in [5.74, 6) is 0.131. The smallest absolute Gasteiger partial charge is 0.255 e. The molecule has 0 saturated carbocycles. The number of nitrogens with zero attached hydrogens (tertiary/aromatic N) is 2. The van der Waals surface area contributed by atoms with E-state index in [-0.39, 0.29) is 5.91 Å².